The summed E-state index contributed by atoms with van der Waals surface area (Å²) in [6.07, 6.45) is 8.36. The lowest BCUT2D eigenvalue weighted by atomic mass is 9.87. The van der Waals surface area contributed by atoms with Crippen LogP contribution in [0.25, 0.3) is 0 Å². The molecule has 1 aromatic rings. The molecule has 6 heteroatoms. The molecule has 0 aromatic heterocycles. The molecule has 0 saturated heterocycles. The Morgan fingerprint density at radius 3 is 2.90 bits per heavy atom. The lowest BCUT2D eigenvalue weighted by molar-refractivity contribution is -0.123. The van der Waals surface area contributed by atoms with Crippen LogP contribution in [-0.2, 0) is 16.1 Å². The lowest BCUT2D eigenvalue weighted by Gasteiger charge is -2.25. The fraction of sp³-hybridized carbons (Fsp3) is 0.360. The Morgan fingerprint density at radius 2 is 2.13 bits per heavy atom. The van der Waals surface area contributed by atoms with Gasteiger partial charge in [0.1, 0.15) is 29.7 Å². The summed E-state index contributed by atoms with van der Waals surface area (Å²) >= 11 is 0. The number of hydrogen-bond acceptors (Lipinski definition) is 6. The summed E-state index contributed by atoms with van der Waals surface area (Å²) in [7, 11) is 0. The molecule has 3 aliphatic carbocycles. The van der Waals surface area contributed by atoms with E-state index in [4.69, 9.17) is 9.47 Å². The molecule has 0 radical (unpaired) electrons. The van der Waals surface area contributed by atoms with Crippen molar-refractivity contribution < 1.29 is 19.4 Å². The molecule has 31 heavy (non-hydrogen) atoms. The van der Waals surface area contributed by atoms with Crippen LogP contribution in [0.5, 0.6) is 5.75 Å². The van der Waals surface area contributed by atoms with Crippen LogP contribution in [0.2, 0.25) is 0 Å². The average molecular weight is 418 g/mol. The molecule has 2 N–H and O–H groups in total. The number of hydrogen-bond donors (Lipinski definition) is 2. The van der Waals surface area contributed by atoms with Crippen molar-refractivity contribution in [2.75, 3.05) is 0 Å². The predicted molar refractivity (Wildman–Crippen MR) is 117 cm³/mol. The Balaban J connectivity index is 1.23. The fourth-order valence-electron chi connectivity index (χ4n) is 4.31. The number of ether oxygens (including phenoxy) is 2. The highest BCUT2D eigenvalue weighted by Gasteiger charge is 2.48. The normalized spacial score (nSPS) is 28.0. The van der Waals surface area contributed by atoms with E-state index in [1.54, 1.807) is 12.2 Å². The van der Waals surface area contributed by atoms with Crippen molar-refractivity contribution in [2.45, 2.75) is 39.4 Å². The average Bonchev–Trinajstić information content (AvgIpc) is 3.68. The monoisotopic (exact) mass is 418 g/mol. The van der Waals surface area contributed by atoms with Gasteiger partial charge in [-0.05, 0) is 54.7 Å². The quantitative estimate of drug-likeness (QED) is 0.671. The maximum atomic E-state index is 12.0. The third-order valence-corrected chi connectivity index (χ3v) is 6.36. The number of allylic oxidation sites excluding steroid dienone is 4. The number of carbonyl (C=O) groups excluding carboxylic acids is 1. The number of aliphatic hydroxyl groups is 1. The number of aliphatic hydroxyl groups excluding tert-OH is 1. The molecule has 0 amide bonds. The molecule has 4 atom stereocenters. The Morgan fingerprint density at radius 1 is 1.29 bits per heavy atom. The van der Waals surface area contributed by atoms with Crippen molar-refractivity contribution >= 4 is 11.6 Å². The molecule has 1 fully saturated rings. The third kappa shape index (κ3) is 3.95. The number of nitrogens with one attached hydrogen (secondary N) is 1. The van der Waals surface area contributed by atoms with E-state index in [1.807, 2.05) is 44.2 Å². The molecule has 1 saturated carbocycles. The molecule has 4 aliphatic rings. The van der Waals surface area contributed by atoms with Crippen molar-refractivity contribution in [3.8, 4) is 5.75 Å². The van der Waals surface area contributed by atoms with E-state index in [1.165, 1.54) is 5.57 Å². The van der Waals surface area contributed by atoms with Crippen LogP contribution in [0.3, 0.4) is 0 Å². The van der Waals surface area contributed by atoms with Crippen molar-refractivity contribution in [1.29, 1.82) is 0 Å². The maximum Gasteiger partial charge on any atom is 0.170 e. The minimum atomic E-state index is -0.832. The van der Waals surface area contributed by atoms with Crippen LogP contribution in [0, 0.1) is 17.8 Å². The number of carbonyl (C=O) groups is 1. The Kier molecular flexibility index (Phi) is 5.02. The highest BCUT2D eigenvalue weighted by atomic mass is 16.5. The number of rotatable bonds is 8. The molecule has 0 bridgehead atoms. The molecule has 4 unspecified atom stereocenters. The number of hydrazone groups is 1. The lowest BCUT2D eigenvalue weighted by Crippen LogP contribution is -2.30. The number of benzene rings is 1. The minimum Gasteiger partial charge on any atom is -0.489 e. The van der Waals surface area contributed by atoms with Crippen LogP contribution in [-0.4, -0.2) is 22.8 Å². The zero-order chi connectivity index (χ0) is 21.5. The summed E-state index contributed by atoms with van der Waals surface area (Å²) in [5.74, 6) is 3.91. The summed E-state index contributed by atoms with van der Waals surface area (Å²) in [5.41, 5.74) is 5.89. The van der Waals surface area contributed by atoms with Crippen LogP contribution in [0.1, 0.15) is 32.3 Å². The second-order valence-electron chi connectivity index (χ2n) is 8.45. The van der Waals surface area contributed by atoms with Gasteiger partial charge in [0, 0.05) is 17.9 Å². The molecule has 1 aliphatic heterocycles. The van der Waals surface area contributed by atoms with Crippen molar-refractivity contribution in [3.63, 3.8) is 0 Å². The minimum absolute atomic E-state index is 0.0327. The first kappa shape index (κ1) is 19.8. The Hall–Kier alpha value is -3.12. The van der Waals surface area contributed by atoms with Gasteiger partial charge < -0.3 is 14.6 Å². The second-order valence-corrected chi connectivity index (χ2v) is 8.45. The van der Waals surface area contributed by atoms with Gasteiger partial charge in [-0.15, -0.1) is 0 Å². The number of ketones is 1. The summed E-state index contributed by atoms with van der Waals surface area (Å²) in [6.45, 7) is 3.98. The van der Waals surface area contributed by atoms with Gasteiger partial charge in [0.05, 0.1) is 12.0 Å². The summed E-state index contributed by atoms with van der Waals surface area (Å²) < 4.78 is 12.1. The van der Waals surface area contributed by atoms with Gasteiger partial charge >= 0.3 is 0 Å². The van der Waals surface area contributed by atoms with Crippen LogP contribution in [0.4, 0.5) is 0 Å². The van der Waals surface area contributed by atoms with Gasteiger partial charge in [-0.3, -0.25) is 10.2 Å². The zero-order valence-corrected chi connectivity index (χ0v) is 17.7. The van der Waals surface area contributed by atoms with Crippen molar-refractivity contribution in [1.82, 2.24) is 5.43 Å². The molecule has 160 valence electrons. The third-order valence-electron chi connectivity index (χ3n) is 6.36. The van der Waals surface area contributed by atoms with E-state index < -0.39 is 12.0 Å². The summed E-state index contributed by atoms with van der Waals surface area (Å²) in [5, 5.41) is 14.5. The van der Waals surface area contributed by atoms with E-state index in [2.05, 4.69) is 16.6 Å². The molecular weight excluding hydrogens is 392 g/mol. The number of fused-ring (bicyclic) bond motifs is 1. The van der Waals surface area contributed by atoms with E-state index >= 15 is 0 Å². The molecule has 1 aromatic carbocycles. The summed E-state index contributed by atoms with van der Waals surface area (Å²) in [4.78, 5) is 12.0. The second kappa shape index (κ2) is 7.85. The van der Waals surface area contributed by atoms with E-state index in [0.29, 0.717) is 36.2 Å². The van der Waals surface area contributed by atoms with Crippen molar-refractivity contribution in [2.24, 2.45) is 22.9 Å². The number of amidine groups is 1. The van der Waals surface area contributed by atoms with Crippen LogP contribution in [0.15, 0.2) is 76.3 Å². The zero-order valence-electron chi connectivity index (χ0n) is 17.7. The first-order valence-corrected chi connectivity index (χ1v) is 10.8. The highest BCUT2D eigenvalue weighted by molar-refractivity contribution is 6.06. The maximum absolute atomic E-state index is 12.0. The molecule has 1 heterocycles. The van der Waals surface area contributed by atoms with Gasteiger partial charge in [0.2, 0.25) is 0 Å². The highest BCUT2D eigenvalue weighted by Crippen LogP contribution is 2.52. The molecule has 6 nitrogen and oxygen atoms in total. The smallest absolute Gasteiger partial charge is 0.170 e. The van der Waals surface area contributed by atoms with Crippen LogP contribution >= 0.6 is 0 Å². The largest absolute Gasteiger partial charge is 0.489 e. The molecule has 0 spiro atoms. The molecule has 5 rings (SSSR count). The Bertz CT molecular complexity index is 1080. The topological polar surface area (TPSA) is 90.1 Å². The summed E-state index contributed by atoms with van der Waals surface area (Å²) in [6, 6.07) is 7.86. The number of Topliss-reactive ketones (excluding diaryl/α,β-unsaturated/α-hetero) is 1. The van der Waals surface area contributed by atoms with Crippen LogP contribution < -0.4 is 10.2 Å². The van der Waals surface area contributed by atoms with Gasteiger partial charge in [-0.2, -0.15) is 5.10 Å². The first-order valence-electron chi connectivity index (χ1n) is 10.8. The SMILES string of the molecule is CCC(=O)C1C=CC(OCc2cccc(OC3=CC=C(C4=NN4)C4CC34)c2)=C(C)C1O. The predicted octanol–water partition coefficient (Wildman–Crippen LogP) is 3.76. The Labute approximate surface area is 181 Å². The fourth-order valence-corrected chi connectivity index (χ4v) is 4.31. The van der Waals surface area contributed by atoms with Gasteiger partial charge in [0.25, 0.3) is 0 Å². The van der Waals surface area contributed by atoms with E-state index in [9.17, 15) is 9.90 Å². The number of nitrogens with zero attached hydrogens (tertiary/aromatic N) is 1. The van der Waals surface area contributed by atoms with Gasteiger partial charge in [0.15, 0.2) is 5.84 Å². The van der Waals surface area contributed by atoms with Crippen molar-refractivity contribution in [3.05, 3.63) is 76.8 Å². The standard InChI is InChI=1S/C25H26N2O4/c1-3-21(28)18-8-9-22(14(2)24(18)29)30-13-15-5-4-6-16(11-15)31-23-10-7-17(25-26-27-25)19-12-20(19)23/h4-11,18-20,24,29H,3,12-13H2,1-2H3,(H,26,27). The van der Waals surface area contributed by atoms with Gasteiger partial charge in [-0.1, -0.05) is 31.2 Å². The van der Waals surface area contributed by atoms with E-state index in [-0.39, 0.29) is 5.78 Å². The molecular formula is C25H26N2O4. The first-order chi connectivity index (χ1) is 15.0. The van der Waals surface area contributed by atoms with Gasteiger partial charge in [-0.25, -0.2) is 0 Å². The van der Waals surface area contributed by atoms with E-state index in [0.717, 1.165) is 29.3 Å².